The summed E-state index contributed by atoms with van der Waals surface area (Å²) in [5, 5.41) is 5.78. The number of ether oxygens (including phenoxy) is 1. The number of hydrogen-bond acceptors (Lipinski definition) is 4. The third-order valence-corrected chi connectivity index (χ3v) is 2.72. The molecule has 0 unspecified atom stereocenters. The molecule has 0 heterocycles. The van der Waals surface area contributed by atoms with Gasteiger partial charge in [0.2, 0.25) is 11.8 Å². The molecule has 118 valence electrons. The summed E-state index contributed by atoms with van der Waals surface area (Å²) >= 11 is 5.86. The summed E-state index contributed by atoms with van der Waals surface area (Å²) in [6.07, 6.45) is 0.412. The number of methoxy groups -OCH3 is 1. The molecule has 2 amide bonds. The minimum absolute atomic E-state index is 0. The highest BCUT2D eigenvalue weighted by Gasteiger charge is 2.08. The average molecular weight is 336 g/mol. The Morgan fingerprint density at radius 1 is 1.29 bits per heavy atom. The molecule has 0 aliphatic rings. The quantitative estimate of drug-likeness (QED) is 0.704. The predicted octanol–water partition coefficient (Wildman–Crippen LogP) is 1.56. The Kier molecular flexibility index (Phi) is 9.53. The van der Waals surface area contributed by atoms with E-state index in [1.807, 2.05) is 0 Å². The van der Waals surface area contributed by atoms with Crippen LogP contribution in [0.1, 0.15) is 12.8 Å². The molecule has 1 rings (SSSR count). The van der Waals surface area contributed by atoms with Crippen LogP contribution in [0.5, 0.6) is 5.75 Å². The van der Waals surface area contributed by atoms with Crippen LogP contribution < -0.4 is 21.1 Å². The number of anilines is 1. The molecule has 0 aliphatic heterocycles. The molecular weight excluding hydrogens is 317 g/mol. The third kappa shape index (κ3) is 7.17. The van der Waals surface area contributed by atoms with Crippen molar-refractivity contribution in [2.24, 2.45) is 5.73 Å². The maximum absolute atomic E-state index is 11.7. The van der Waals surface area contributed by atoms with Gasteiger partial charge in [0.1, 0.15) is 5.75 Å². The fourth-order valence-electron chi connectivity index (χ4n) is 1.53. The molecule has 1 aromatic rings. The first-order valence-corrected chi connectivity index (χ1v) is 6.54. The summed E-state index contributed by atoms with van der Waals surface area (Å²) in [6.45, 7) is 0.547. The lowest BCUT2D eigenvalue weighted by Gasteiger charge is -2.10. The van der Waals surface area contributed by atoms with Gasteiger partial charge in [0.05, 0.1) is 12.8 Å². The minimum atomic E-state index is -0.237. The number of benzene rings is 1. The van der Waals surface area contributed by atoms with Gasteiger partial charge in [0.15, 0.2) is 0 Å². The van der Waals surface area contributed by atoms with Crippen LogP contribution in [-0.2, 0) is 9.59 Å². The average Bonchev–Trinajstić information content (AvgIpc) is 2.39. The molecule has 4 N–H and O–H groups in total. The van der Waals surface area contributed by atoms with Gasteiger partial charge in [-0.05, 0) is 18.2 Å². The van der Waals surface area contributed by atoms with Crippen molar-refractivity contribution in [3.63, 3.8) is 0 Å². The van der Waals surface area contributed by atoms with Crippen molar-refractivity contribution >= 4 is 41.5 Å². The van der Waals surface area contributed by atoms with E-state index in [0.717, 1.165) is 0 Å². The van der Waals surface area contributed by atoms with Crippen molar-refractivity contribution in [1.29, 1.82) is 0 Å². The molecule has 0 bridgehead atoms. The zero-order chi connectivity index (χ0) is 15.0. The van der Waals surface area contributed by atoms with E-state index in [4.69, 9.17) is 22.1 Å². The van der Waals surface area contributed by atoms with Crippen LogP contribution in [0.3, 0.4) is 0 Å². The Morgan fingerprint density at radius 3 is 2.62 bits per heavy atom. The molecule has 0 aromatic heterocycles. The summed E-state index contributed by atoms with van der Waals surface area (Å²) in [5.41, 5.74) is 5.74. The Morgan fingerprint density at radius 2 is 2.00 bits per heavy atom. The zero-order valence-electron chi connectivity index (χ0n) is 11.6. The number of carbonyl (C=O) groups is 2. The second kappa shape index (κ2) is 10.3. The predicted molar refractivity (Wildman–Crippen MR) is 85.2 cm³/mol. The molecule has 8 heteroatoms. The van der Waals surface area contributed by atoms with E-state index in [1.165, 1.54) is 7.11 Å². The highest BCUT2D eigenvalue weighted by atomic mass is 35.5. The van der Waals surface area contributed by atoms with Gasteiger partial charge in [-0.25, -0.2) is 0 Å². The Labute approximate surface area is 134 Å². The highest BCUT2D eigenvalue weighted by Crippen LogP contribution is 2.27. The number of nitrogens with one attached hydrogen (secondary N) is 2. The zero-order valence-corrected chi connectivity index (χ0v) is 13.2. The largest absolute Gasteiger partial charge is 0.495 e. The van der Waals surface area contributed by atoms with E-state index in [1.54, 1.807) is 18.2 Å². The first-order valence-electron chi connectivity index (χ1n) is 6.17. The highest BCUT2D eigenvalue weighted by molar-refractivity contribution is 6.31. The van der Waals surface area contributed by atoms with Gasteiger partial charge in [-0.15, -0.1) is 12.4 Å². The van der Waals surface area contributed by atoms with Gasteiger partial charge in [0, 0.05) is 31.0 Å². The summed E-state index contributed by atoms with van der Waals surface area (Å²) in [6, 6.07) is 4.94. The van der Waals surface area contributed by atoms with E-state index >= 15 is 0 Å². The molecule has 21 heavy (non-hydrogen) atoms. The number of halogens is 2. The van der Waals surface area contributed by atoms with Crippen LogP contribution in [0.25, 0.3) is 0 Å². The van der Waals surface area contributed by atoms with Gasteiger partial charge in [-0.1, -0.05) is 11.6 Å². The Bertz CT molecular complexity index is 484. The van der Waals surface area contributed by atoms with E-state index in [2.05, 4.69) is 10.6 Å². The molecule has 0 fully saturated rings. The molecular formula is C13H19Cl2N3O3. The van der Waals surface area contributed by atoms with Gasteiger partial charge >= 0.3 is 0 Å². The van der Waals surface area contributed by atoms with Crippen LogP contribution in [0.15, 0.2) is 18.2 Å². The SMILES string of the molecule is COc1ccc(Cl)cc1NC(=O)CCNC(=O)CCN.Cl. The maximum Gasteiger partial charge on any atom is 0.226 e. The van der Waals surface area contributed by atoms with Gasteiger partial charge in [-0.2, -0.15) is 0 Å². The Balaban J connectivity index is 0.00000400. The molecule has 6 nitrogen and oxygen atoms in total. The van der Waals surface area contributed by atoms with Gasteiger partial charge in [-0.3, -0.25) is 9.59 Å². The molecule has 0 aliphatic carbocycles. The van der Waals surface area contributed by atoms with Crippen LogP contribution in [-0.4, -0.2) is 32.0 Å². The molecule has 1 aromatic carbocycles. The number of nitrogens with two attached hydrogens (primary N) is 1. The van der Waals surface area contributed by atoms with Crippen LogP contribution in [0.2, 0.25) is 5.02 Å². The lowest BCUT2D eigenvalue weighted by molar-refractivity contribution is -0.121. The lowest BCUT2D eigenvalue weighted by atomic mass is 10.2. The number of amides is 2. The maximum atomic E-state index is 11.7. The van der Waals surface area contributed by atoms with Crippen LogP contribution in [0, 0.1) is 0 Å². The van der Waals surface area contributed by atoms with E-state index in [0.29, 0.717) is 16.5 Å². The Hall–Kier alpha value is -1.50. The lowest BCUT2D eigenvalue weighted by Crippen LogP contribution is -2.29. The number of rotatable bonds is 7. The van der Waals surface area contributed by atoms with Crippen molar-refractivity contribution in [3.05, 3.63) is 23.2 Å². The molecule has 0 atom stereocenters. The summed E-state index contributed by atoms with van der Waals surface area (Å²) in [4.78, 5) is 22.9. The minimum Gasteiger partial charge on any atom is -0.495 e. The summed E-state index contributed by atoms with van der Waals surface area (Å²) in [5.74, 6) is 0.120. The van der Waals surface area contributed by atoms with Crippen molar-refractivity contribution in [2.45, 2.75) is 12.8 Å². The number of hydrogen-bond donors (Lipinski definition) is 3. The monoisotopic (exact) mass is 335 g/mol. The molecule has 0 radical (unpaired) electrons. The first-order chi connectivity index (χ1) is 9.56. The fraction of sp³-hybridized carbons (Fsp3) is 0.385. The number of carbonyl (C=O) groups excluding carboxylic acids is 2. The van der Waals surface area contributed by atoms with Gasteiger partial charge in [0.25, 0.3) is 0 Å². The van der Waals surface area contributed by atoms with Crippen LogP contribution in [0.4, 0.5) is 5.69 Å². The molecule has 0 spiro atoms. The van der Waals surface area contributed by atoms with Crippen molar-refractivity contribution in [1.82, 2.24) is 5.32 Å². The first kappa shape index (κ1) is 19.5. The normalized spacial score (nSPS) is 9.48. The van der Waals surface area contributed by atoms with Crippen molar-refractivity contribution in [3.8, 4) is 5.75 Å². The summed E-state index contributed by atoms with van der Waals surface area (Å²) < 4.78 is 5.12. The second-order valence-electron chi connectivity index (χ2n) is 4.03. The van der Waals surface area contributed by atoms with E-state index in [-0.39, 0.29) is 50.2 Å². The molecule has 0 saturated carbocycles. The van der Waals surface area contributed by atoms with E-state index in [9.17, 15) is 9.59 Å². The third-order valence-electron chi connectivity index (χ3n) is 2.48. The standard InChI is InChI=1S/C13H18ClN3O3.ClH/c1-20-11-3-2-9(14)8-10(11)17-13(19)5-7-16-12(18)4-6-15;/h2-3,8H,4-7,15H2,1H3,(H,16,18)(H,17,19);1H. The summed E-state index contributed by atoms with van der Waals surface area (Å²) in [7, 11) is 1.51. The van der Waals surface area contributed by atoms with Crippen LogP contribution >= 0.6 is 24.0 Å². The van der Waals surface area contributed by atoms with E-state index < -0.39 is 0 Å². The molecule has 0 saturated heterocycles. The van der Waals surface area contributed by atoms with Crippen molar-refractivity contribution in [2.75, 3.05) is 25.5 Å². The van der Waals surface area contributed by atoms with Gasteiger partial charge < -0.3 is 21.1 Å². The smallest absolute Gasteiger partial charge is 0.226 e. The topological polar surface area (TPSA) is 93.5 Å². The fourth-order valence-corrected chi connectivity index (χ4v) is 1.70. The van der Waals surface area contributed by atoms with Crippen molar-refractivity contribution < 1.29 is 14.3 Å². The second-order valence-corrected chi connectivity index (χ2v) is 4.47.